The smallest absolute Gasteiger partial charge is 0.322 e. The molecule has 0 saturated carbocycles. The summed E-state index contributed by atoms with van der Waals surface area (Å²) < 4.78 is 0. The molecule has 1 saturated heterocycles. The second kappa shape index (κ2) is 5.81. The minimum Gasteiger partial charge on any atom is -0.480 e. The first kappa shape index (κ1) is 12.9. The highest BCUT2D eigenvalue weighted by molar-refractivity contribution is 5.84. The molecule has 1 aliphatic heterocycles. The Morgan fingerprint density at radius 3 is 2.38 bits per heavy atom. The minimum atomic E-state index is -1.01. The molecule has 0 radical (unpaired) electrons. The van der Waals surface area contributed by atoms with Crippen LogP contribution >= 0.6 is 0 Å². The average Bonchev–Trinajstić information content (AvgIpc) is 2.26. The van der Waals surface area contributed by atoms with Gasteiger partial charge in [0.2, 0.25) is 5.91 Å². The number of carbonyl (C=O) groups excluding carboxylic acids is 1. The van der Waals surface area contributed by atoms with E-state index in [1.54, 1.807) is 0 Å². The first-order valence-corrected chi connectivity index (χ1v) is 5.43. The van der Waals surface area contributed by atoms with Gasteiger partial charge in [0.05, 0.1) is 6.04 Å². The minimum absolute atomic E-state index is 0.216. The number of rotatable bonds is 4. The lowest BCUT2D eigenvalue weighted by atomic mass is 10.2. The Bertz CT molecular complexity index is 262. The zero-order chi connectivity index (χ0) is 12.1. The second-order valence-electron chi connectivity index (χ2n) is 4.13. The van der Waals surface area contributed by atoms with Gasteiger partial charge in [0, 0.05) is 26.2 Å². The van der Waals surface area contributed by atoms with E-state index in [0.717, 1.165) is 26.2 Å². The van der Waals surface area contributed by atoms with Gasteiger partial charge in [0.25, 0.3) is 0 Å². The summed E-state index contributed by atoms with van der Waals surface area (Å²) in [5, 5.41) is 10.9. The normalized spacial score (nSPS) is 20.4. The molecule has 1 atom stereocenters. The van der Waals surface area contributed by atoms with Gasteiger partial charge in [-0.1, -0.05) is 0 Å². The zero-order valence-electron chi connectivity index (χ0n) is 9.77. The van der Waals surface area contributed by atoms with Crippen LogP contribution in [0.3, 0.4) is 0 Å². The number of carboxylic acid groups (broad SMARTS) is 1. The molecule has 0 bridgehead atoms. The van der Waals surface area contributed by atoms with E-state index in [1.165, 1.54) is 0 Å². The van der Waals surface area contributed by atoms with Crippen molar-refractivity contribution >= 4 is 11.9 Å². The maximum absolute atomic E-state index is 11.6. The average molecular weight is 229 g/mol. The fourth-order valence-electron chi connectivity index (χ4n) is 1.69. The molecule has 0 aromatic heterocycles. The molecular weight excluding hydrogens is 210 g/mol. The molecule has 16 heavy (non-hydrogen) atoms. The summed E-state index contributed by atoms with van der Waals surface area (Å²) in [6.07, 6.45) is 0. The molecule has 1 rings (SSSR count). The topological polar surface area (TPSA) is 72.9 Å². The van der Waals surface area contributed by atoms with Crippen LogP contribution in [0.2, 0.25) is 0 Å². The lowest BCUT2D eigenvalue weighted by Crippen LogP contribution is -2.53. The van der Waals surface area contributed by atoms with Crippen molar-refractivity contribution in [2.75, 3.05) is 39.8 Å². The van der Waals surface area contributed by atoms with Crippen molar-refractivity contribution in [3.05, 3.63) is 0 Å². The Morgan fingerprint density at radius 2 is 1.88 bits per heavy atom. The lowest BCUT2D eigenvalue weighted by molar-refractivity contribution is -0.138. The van der Waals surface area contributed by atoms with Crippen molar-refractivity contribution in [3.8, 4) is 0 Å². The standard InChI is InChI=1S/C10H19N3O3/c1-8(10(16)11-7-9(14)15)13-5-3-12(2)4-6-13/h8H,3-7H2,1-2H3,(H,11,16)(H,14,15). The van der Waals surface area contributed by atoms with E-state index in [9.17, 15) is 9.59 Å². The number of likely N-dealkylation sites (N-methyl/N-ethyl adjacent to an activating group) is 1. The van der Waals surface area contributed by atoms with Gasteiger partial charge in [0.15, 0.2) is 0 Å². The van der Waals surface area contributed by atoms with E-state index >= 15 is 0 Å². The zero-order valence-corrected chi connectivity index (χ0v) is 9.77. The maximum atomic E-state index is 11.6. The van der Waals surface area contributed by atoms with Gasteiger partial charge in [-0.25, -0.2) is 0 Å². The van der Waals surface area contributed by atoms with Crippen LogP contribution in [0.4, 0.5) is 0 Å². The van der Waals surface area contributed by atoms with Crippen molar-refractivity contribution in [3.63, 3.8) is 0 Å². The Morgan fingerprint density at radius 1 is 1.31 bits per heavy atom. The molecule has 1 heterocycles. The highest BCUT2D eigenvalue weighted by Crippen LogP contribution is 2.04. The summed E-state index contributed by atoms with van der Waals surface area (Å²) in [6.45, 7) is 5.07. The second-order valence-corrected chi connectivity index (χ2v) is 4.13. The van der Waals surface area contributed by atoms with Crippen molar-refractivity contribution in [1.29, 1.82) is 0 Å². The van der Waals surface area contributed by atoms with E-state index in [-0.39, 0.29) is 18.5 Å². The van der Waals surface area contributed by atoms with E-state index < -0.39 is 5.97 Å². The van der Waals surface area contributed by atoms with Crippen LogP contribution in [0.25, 0.3) is 0 Å². The first-order chi connectivity index (χ1) is 7.50. The third-order valence-electron chi connectivity index (χ3n) is 2.88. The monoisotopic (exact) mass is 229 g/mol. The summed E-state index contributed by atoms with van der Waals surface area (Å²) in [5.41, 5.74) is 0. The highest BCUT2D eigenvalue weighted by Gasteiger charge is 2.24. The molecule has 0 spiro atoms. The molecule has 1 unspecified atom stereocenters. The van der Waals surface area contributed by atoms with Crippen LogP contribution in [-0.4, -0.2) is 72.6 Å². The summed E-state index contributed by atoms with van der Waals surface area (Å²) >= 11 is 0. The number of hydrogen-bond donors (Lipinski definition) is 2. The molecule has 1 amide bonds. The molecule has 0 aliphatic carbocycles. The van der Waals surface area contributed by atoms with E-state index in [1.807, 2.05) is 14.0 Å². The SMILES string of the molecule is CC(C(=O)NCC(=O)O)N1CCN(C)CC1. The van der Waals surface area contributed by atoms with Crippen LogP contribution in [0.1, 0.15) is 6.92 Å². The summed E-state index contributed by atoms with van der Waals surface area (Å²) in [5.74, 6) is -1.23. The highest BCUT2D eigenvalue weighted by atomic mass is 16.4. The Kier molecular flexibility index (Phi) is 4.70. The number of aliphatic carboxylic acids is 1. The van der Waals surface area contributed by atoms with Crippen LogP contribution < -0.4 is 5.32 Å². The van der Waals surface area contributed by atoms with E-state index in [0.29, 0.717) is 0 Å². The number of amides is 1. The quantitative estimate of drug-likeness (QED) is 0.635. The van der Waals surface area contributed by atoms with E-state index in [2.05, 4.69) is 15.1 Å². The summed E-state index contributed by atoms with van der Waals surface area (Å²) in [4.78, 5) is 26.2. The maximum Gasteiger partial charge on any atom is 0.322 e. The molecule has 0 aromatic carbocycles. The fourth-order valence-corrected chi connectivity index (χ4v) is 1.69. The van der Waals surface area contributed by atoms with Crippen LogP contribution in [0.5, 0.6) is 0 Å². The molecular formula is C10H19N3O3. The molecule has 1 fully saturated rings. The lowest BCUT2D eigenvalue weighted by Gasteiger charge is -2.35. The number of nitrogens with zero attached hydrogens (tertiary/aromatic N) is 2. The van der Waals surface area contributed by atoms with Gasteiger partial charge in [0.1, 0.15) is 6.54 Å². The van der Waals surface area contributed by atoms with E-state index in [4.69, 9.17) is 5.11 Å². The Hall–Kier alpha value is -1.14. The fraction of sp³-hybridized carbons (Fsp3) is 0.800. The van der Waals surface area contributed by atoms with Crippen molar-refractivity contribution < 1.29 is 14.7 Å². The molecule has 92 valence electrons. The Balaban J connectivity index is 2.35. The molecule has 6 nitrogen and oxygen atoms in total. The summed E-state index contributed by atoms with van der Waals surface area (Å²) in [7, 11) is 2.05. The van der Waals surface area contributed by atoms with Gasteiger partial charge < -0.3 is 15.3 Å². The molecule has 6 heteroatoms. The van der Waals surface area contributed by atoms with Gasteiger partial charge in [-0.3, -0.25) is 14.5 Å². The first-order valence-electron chi connectivity index (χ1n) is 5.43. The largest absolute Gasteiger partial charge is 0.480 e. The molecule has 2 N–H and O–H groups in total. The van der Waals surface area contributed by atoms with Gasteiger partial charge in [-0.2, -0.15) is 0 Å². The Labute approximate surface area is 95.2 Å². The predicted molar refractivity (Wildman–Crippen MR) is 59.2 cm³/mol. The van der Waals surface area contributed by atoms with Gasteiger partial charge >= 0.3 is 5.97 Å². The number of nitrogens with one attached hydrogen (secondary N) is 1. The van der Waals surface area contributed by atoms with Crippen molar-refractivity contribution in [2.24, 2.45) is 0 Å². The molecule has 1 aliphatic rings. The number of piperazine rings is 1. The predicted octanol–water partition coefficient (Wildman–Crippen LogP) is -1.18. The number of carbonyl (C=O) groups is 2. The third-order valence-corrected chi connectivity index (χ3v) is 2.88. The van der Waals surface area contributed by atoms with Crippen molar-refractivity contribution in [2.45, 2.75) is 13.0 Å². The molecule has 0 aromatic rings. The number of hydrogen-bond acceptors (Lipinski definition) is 4. The van der Waals surface area contributed by atoms with Gasteiger partial charge in [-0.05, 0) is 14.0 Å². The van der Waals surface area contributed by atoms with Crippen molar-refractivity contribution in [1.82, 2.24) is 15.1 Å². The third kappa shape index (κ3) is 3.79. The van der Waals surface area contributed by atoms with Gasteiger partial charge in [-0.15, -0.1) is 0 Å². The van der Waals surface area contributed by atoms with Crippen LogP contribution in [-0.2, 0) is 9.59 Å². The summed E-state index contributed by atoms with van der Waals surface area (Å²) in [6, 6.07) is -0.256. The van der Waals surface area contributed by atoms with Crippen LogP contribution in [0.15, 0.2) is 0 Å². The number of carboxylic acids is 1. The van der Waals surface area contributed by atoms with Crippen LogP contribution in [0, 0.1) is 0 Å².